The van der Waals surface area contributed by atoms with Crippen molar-refractivity contribution in [2.24, 2.45) is 0 Å². The van der Waals surface area contributed by atoms with Gasteiger partial charge in [-0.2, -0.15) is 0 Å². The molecular weight excluding hydrogens is 538 g/mol. The number of aromatic nitrogens is 3. The highest BCUT2D eigenvalue weighted by molar-refractivity contribution is 5.88. The van der Waals surface area contributed by atoms with Crippen molar-refractivity contribution in [3.8, 4) is 0 Å². The maximum absolute atomic E-state index is 11.3. The Kier molecular flexibility index (Phi) is 9.35. The zero-order chi connectivity index (χ0) is 30.4. The highest BCUT2D eigenvalue weighted by atomic mass is 16.6. The number of likely N-dealkylation sites (N-methyl/N-ethyl adjacent to an activating group) is 2. The van der Waals surface area contributed by atoms with E-state index in [1.807, 2.05) is 50.6 Å². The quantitative estimate of drug-likeness (QED) is 0.101. The van der Waals surface area contributed by atoms with Crippen LogP contribution in [-0.2, 0) is 12.8 Å². The van der Waals surface area contributed by atoms with Gasteiger partial charge in [0.25, 0.3) is 5.69 Å². The molecule has 5 aromatic rings. The number of nitrogens with zero attached hydrogens (tertiary/aromatic N) is 5. The van der Waals surface area contributed by atoms with E-state index in [2.05, 4.69) is 50.4 Å². The topological polar surface area (TPSA) is 175 Å². The van der Waals surface area contributed by atoms with Crippen LogP contribution in [0.3, 0.4) is 0 Å². The minimum absolute atomic E-state index is 0.0460. The average molecular weight is 574 g/mol. The summed E-state index contributed by atoms with van der Waals surface area (Å²) in [5.74, 6) is -0.0460. The van der Waals surface area contributed by atoms with E-state index in [4.69, 9.17) is 5.73 Å². The second kappa shape index (κ2) is 13.1. The summed E-state index contributed by atoms with van der Waals surface area (Å²) < 4.78 is 0. The van der Waals surface area contributed by atoms with Crippen molar-refractivity contribution in [3.05, 3.63) is 92.4 Å². The summed E-state index contributed by atoms with van der Waals surface area (Å²) in [5, 5.41) is 27.2. The summed E-state index contributed by atoms with van der Waals surface area (Å²) in [7, 11) is 8.18. The summed E-state index contributed by atoms with van der Waals surface area (Å²) >= 11 is 0. The van der Waals surface area contributed by atoms with Gasteiger partial charge in [0, 0.05) is 58.7 Å². The molecule has 5 N–H and O–H groups in total. The molecule has 0 radical (unpaired) electrons. The van der Waals surface area contributed by atoms with E-state index in [9.17, 15) is 20.2 Å². The predicted octanol–water partition coefficient (Wildman–Crippen LogP) is 5.08. The predicted molar refractivity (Wildman–Crippen MR) is 166 cm³/mol. The van der Waals surface area contributed by atoms with E-state index in [0.717, 1.165) is 65.9 Å². The largest absolute Gasteiger partial charge is 0.399 e. The smallest absolute Gasteiger partial charge is 0.318 e. The molecule has 0 saturated heterocycles. The first-order chi connectivity index (χ1) is 20.0. The Bertz CT molecular complexity index is 1710. The monoisotopic (exact) mass is 573 g/mol. The van der Waals surface area contributed by atoms with Crippen molar-refractivity contribution >= 4 is 50.4 Å². The van der Waals surface area contributed by atoms with Crippen LogP contribution in [0.1, 0.15) is 11.1 Å². The lowest BCUT2D eigenvalue weighted by Crippen LogP contribution is -2.14. The Morgan fingerprint density at radius 3 is 1.95 bits per heavy atom. The number of anilines is 3. The van der Waals surface area contributed by atoms with Gasteiger partial charge in [-0.15, -0.1) is 0 Å². The Labute approximate surface area is 242 Å². The van der Waals surface area contributed by atoms with Crippen LogP contribution < -0.4 is 11.1 Å². The highest BCUT2D eigenvalue weighted by Crippen LogP contribution is 2.31. The first-order valence-corrected chi connectivity index (χ1v) is 13.3. The maximum Gasteiger partial charge on any atom is 0.318 e. The molecule has 0 saturated carbocycles. The van der Waals surface area contributed by atoms with E-state index >= 15 is 0 Å². The summed E-state index contributed by atoms with van der Waals surface area (Å²) in [6, 6.07) is 12.4. The molecule has 0 unspecified atom stereocenters. The van der Waals surface area contributed by atoms with Gasteiger partial charge >= 0.3 is 5.69 Å². The van der Waals surface area contributed by atoms with Crippen LogP contribution in [0.15, 0.2) is 61.1 Å². The van der Waals surface area contributed by atoms with Gasteiger partial charge in [-0.3, -0.25) is 20.2 Å². The van der Waals surface area contributed by atoms with Crippen molar-refractivity contribution < 1.29 is 9.85 Å². The maximum atomic E-state index is 11.3. The molecular formula is C29H35N9O4. The zero-order valence-electron chi connectivity index (χ0n) is 24.0. The molecule has 3 aromatic heterocycles. The van der Waals surface area contributed by atoms with Crippen molar-refractivity contribution in [2.45, 2.75) is 12.8 Å². The van der Waals surface area contributed by atoms with Crippen LogP contribution in [0, 0.1) is 20.2 Å². The third kappa shape index (κ3) is 7.38. The molecule has 220 valence electrons. The van der Waals surface area contributed by atoms with E-state index in [1.165, 1.54) is 10.9 Å². The Hall–Kier alpha value is -5.01. The first kappa shape index (κ1) is 30.0. The summed E-state index contributed by atoms with van der Waals surface area (Å²) in [6.07, 6.45) is 6.92. The Balaban J connectivity index is 0.000000227. The van der Waals surface area contributed by atoms with E-state index in [1.54, 1.807) is 6.07 Å². The van der Waals surface area contributed by atoms with Crippen molar-refractivity contribution in [3.63, 3.8) is 0 Å². The van der Waals surface area contributed by atoms with Crippen molar-refractivity contribution in [1.29, 1.82) is 0 Å². The molecule has 0 fully saturated rings. The summed E-state index contributed by atoms with van der Waals surface area (Å²) in [6.45, 7) is 1.95. The van der Waals surface area contributed by atoms with Gasteiger partial charge in [0.1, 0.15) is 6.20 Å². The summed E-state index contributed by atoms with van der Waals surface area (Å²) in [5.41, 5.74) is 10.9. The first-order valence-electron chi connectivity index (χ1n) is 13.3. The number of aromatic amines is 2. The molecule has 42 heavy (non-hydrogen) atoms. The number of nitrogens with two attached hydrogens (primary N) is 1. The number of nitrogen functional groups attached to an aromatic ring is 1. The molecule has 0 atom stereocenters. The molecule has 5 rings (SSSR count). The number of nitrogens with one attached hydrogen (secondary N) is 3. The van der Waals surface area contributed by atoms with Crippen LogP contribution >= 0.6 is 0 Å². The lowest BCUT2D eigenvalue weighted by atomic mass is 10.1. The SMILES string of the molecule is CN(C)CCc1c[nH]c2ccc(N)cc12.CN(C)CCc1c[nH]c2ccc(Nc3ncc([N+](=O)[O-])cc3[N+](=O)[O-])cc12. The van der Waals surface area contributed by atoms with Crippen LogP contribution in [0.4, 0.5) is 28.6 Å². The molecule has 2 aromatic carbocycles. The van der Waals surface area contributed by atoms with Gasteiger partial charge < -0.3 is 30.8 Å². The molecule has 3 heterocycles. The van der Waals surface area contributed by atoms with E-state index in [-0.39, 0.29) is 5.82 Å². The van der Waals surface area contributed by atoms with Crippen molar-refractivity contribution in [1.82, 2.24) is 24.8 Å². The number of benzene rings is 2. The second-order valence-electron chi connectivity index (χ2n) is 10.5. The number of pyridine rings is 1. The van der Waals surface area contributed by atoms with Gasteiger partial charge in [0.2, 0.25) is 5.82 Å². The fraction of sp³-hybridized carbons (Fsp3) is 0.276. The molecule has 0 aliphatic heterocycles. The fourth-order valence-corrected chi connectivity index (χ4v) is 4.47. The van der Waals surface area contributed by atoms with E-state index in [0.29, 0.717) is 5.69 Å². The Morgan fingerprint density at radius 1 is 0.833 bits per heavy atom. The van der Waals surface area contributed by atoms with Crippen LogP contribution in [-0.4, -0.2) is 75.9 Å². The lowest BCUT2D eigenvalue weighted by molar-refractivity contribution is -0.394. The third-order valence-electron chi connectivity index (χ3n) is 6.74. The molecule has 13 nitrogen and oxygen atoms in total. The van der Waals surface area contributed by atoms with Gasteiger partial charge in [-0.05, 0) is 88.6 Å². The van der Waals surface area contributed by atoms with Crippen molar-refractivity contribution in [2.75, 3.05) is 52.3 Å². The average Bonchev–Trinajstić information content (AvgIpc) is 3.54. The van der Waals surface area contributed by atoms with Crippen LogP contribution in [0.2, 0.25) is 0 Å². The van der Waals surface area contributed by atoms with Gasteiger partial charge in [0.05, 0.1) is 15.9 Å². The molecule has 0 amide bonds. The third-order valence-corrected chi connectivity index (χ3v) is 6.74. The normalized spacial score (nSPS) is 11.2. The van der Waals surface area contributed by atoms with Gasteiger partial charge in [0.15, 0.2) is 0 Å². The number of hydrogen-bond donors (Lipinski definition) is 4. The standard InChI is InChI=1S/C17H18N6O4.C12H17N3/c1-21(2)6-5-11-9-18-15-4-3-12(7-14(11)15)20-17-16(23(26)27)8-13(10-19-17)22(24)25;1-15(2)6-5-9-8-14-12-4-3-10(13)7-11(9)12/h3-4,7-10,18H,5-6H2,1-2H3,(H,19,20);3-4,7-8,14H,5-6,13H2,1-2H3. The minimum Gasteiger partial charge on any atom is -0.399 e. The molecule has 0 bridgehead atoms. The molecule has 13 heteroatoms. The second-order valence-corrected chi connectivity index (χ2v) is 10.5. The highest BCUT2D eigenvalue weighted by Gasteiger charge is 2.21. The number of rotatable bonds is 10. The zero-order valence-corrected chi connectivity index (χ0v) is 24.0. The summed E-state index contributed by atoms with van der Waals surface area (Å²) in [4.78, 5) is 35.3. The molecule has 0 aliphatic rings. The van der Waals surface area contributed by atoms with Gasteiger partial charge in [-0.1, -0.05) is 0 Å². The number of hydrogen-bond acceptors (Lipinski definition) is 9. The fourth-order valence-electron chi connectivity index (χ4n) is 4.47. The number of nitro groups is 2. The van der Waals surface area contributed by atoms with Crippen LogP contribution in [0.5, 0.6) is 0 Å². The molecule has 0 spiro atoms. The van der Waals surface area contributed by atoms with Gasteiger partial charge in [-0.25, -0.2) is 4.98 Å². The Morgan fingerprint density at radius 2 is 1.40 bits per heavy atom. The lowest BCUT2D eigenvalue weighted by Gasteiger charge is -2.09. The minimum atomic E-state index is -0.716. The van der Waals surface area contributed by atoms with E-state index < -0.39 is 21.2 Å². The molecule has 0 aliphatic carbocycles. The number of H-pyrrole nitrogens is 2. The number of fused-ring (bicyclic) bond motifs is 2. The van der Waals surface area contributed by atoms with Crippen LogP contribution in [0.25, 0.3) is 21.8 Å².